The Balaban J connectivity index is 1.35. The molecule has 1 atom stereocenters. The van der Waals surface area contributed by atoms with E-state index in [1.165, 1.54) is 12.0 Å². The van der Waals surface area contributed by atoms with Crippen LogP contribution in [-0.2, 0) is 16.1 Å². The van der Waals surface area contributed by atoms with Gasteiger partial charge in [-0.25, -0.2) is 9.67 Å². The molecule has 0 radical (unpaired) electrons. The number of ether oxygens (including phenoxy) is 2. The molecule has 3 aromatic carbocycles. The van der Waals surface area contributed by atoms with E-state index in [1.54, 1.807) is 52.0 Å². The Labute approximate surface area is 290 Å². The number of rotatable bonds is 5. The average molecular weight is 680 g/mol. The summed E-state index contributed by atoms with van der Waals surface area (Å²) in [6.07, 6.45) is 1.21. The molecule has 0 saturated carbocycles. The van der Waals surface area contributed by atoms with Gasteiger partial charge in [0.05, 0.1) is 26.2 Å². The minimum Gasteiger partial charge on any atom is -0.493 e. The van der Waals surface area contributed by atoms with Gasteiger partial charge in [0.1, 0.15) is 6.61 Å². The van der Waals surface area contributed by atoms with Crippen molar-refractivity contribution in [3.8, 4) is 22.9 Å². The van der Waals surface area contributed by atoms with Crippen LogP contribution in [0.5, 0.6) is 11.5 Å². The molecule has 3 heterocycles. The van der Waals surface area contributed by atoms with Crippen LogP contribution in [0, 0.1) is 5.92 Å². The normalized spacial score (nSPS) is 17.4. The fraction of sp³-hybridized carbons (Fsp3) is 0.351. The van der Waals surface area contributed by atoms with Gasteiger partial charge in [-0.15, -0.1) is 0 Å². The molecule has 0 aliphatic carbocycles. The standard InChI is InChI=1S/C37H41N7O6/c1-24(2)33-35-40-34(25-9-5-4-6-10-25)41-44(35)19-20-50-30-22-26(14-15-29(30)49-3)36(47)38-16-18-42(23-31(45)39-33)37(48)27-11-7-12-28(21-27)43-17-8-13-32(43)46/h4-7,9-12,14-15,21-22,24,33H,8,13,16-20,23H2,1-3H3,(H,38,47)(H,39,45)/t33-/m1/s1. The predicted molar refractivity (Wildman–Crippen MR) is 186 cm³/mol. The Morgan fingerprint density at radius 1 is 0.960 bits per heavy atom. The summed E-state index contributed by atoms with van der Waals surface area (Å²) in [5, 5.41) is 10.8. The molecule has 6 rings (SSSR count). The van der Waals surface area contributed by atoms with Gasteiger partial charge in [-0.3, -0.25) is 19.2 Å². The minimum atomic E-state index is -0.554. The molecule has 0 spiro atoms. The molecule has 1 saturated heterocycles. The highest BCUT2D eigenvalue weighted by atomic mass is 16.5. The highest BCUT2D eigenvalue weighted by Crippen LogP contribution is 2.29. The Kier molecular flexibility index (Phi) is 10.4. The third-order valence-electron chi connectivity index (χ3n) is 8.75. The Morgan fingerprint density at radius 2 is 1.78 bits per heavy atom. The lowest BCUT2D eigenvalue weighted by Gasteiger charge is -2.26. The van der Waals surface area contributed by atoms with Gasteiger partial charge in [0.15, 0.2) is 23.1 Å². The van der Waals surface area contributed by atoms with Crippen molar-refractivity contribution >= 4 is 29.3 Å². The van der Waals surface area contributed by atoms with E-state index in [1.807, 2.05) is 44.2 Å². The van der Waals surface area contributed by atoms with Crippen LogP contribution in [0.25, 0.3) is 11.4 Å². The summed E-state index contributed by atoms with van der Waals surface area (Å²) in [5.74, 6) is 0.619. The number of aromatic nitrogens is 3. The molecule has 0 unspecified atom stereocenters. The summed E-state index contributed by atoms with van der Waals surface area (Å²) < 4.78 is 13.3. The minimum absolute atomic E-state index is 0.00703. The highest BCUT2D eigenvalue weighted by Gasteiger charge is 2.29. The molecule has 50 heavy (non-hydrogen) atoms. The average Bonchev–Trinajstić information content (AvgIpc) is 3.75. The summed E-state index contributed by atoms with van der Waals surface area (Å²) in [6, 6.07) is 20.8. The molecule has 13 heteroatoms. The lowest BCUT2D eigenvalue weighted by molar-refractivity contribution is -0.123. The number of carbonyl (C=O) groups excluding carboxylic acids is 4. The molecule has 4 amide bonds. The van der Waals surface area contributed by atoms with Crippen molar-refractivity contribution in [3.63, 3.8) is 0 Å². The molecule has 260 valence electrons. The van der Waals surface area contributed by atoms with Crippen LogP contribution in [0.15, 0.2) is 72.8 Å². The Morgan fingerprint density at radius 3 is 2.52 bits per heavy atom. The monoisotopic (exact) mass is 679 g/mol. The van der Waals surface area contributed by atoms with Crippen LogP contribution in [0.2, 0.25) is 0 Å². The number of hydrogen-bond acceptors (Lipinski definition) is 8. The largest absolute Gasteiger partial charge is 0.493 e. The second-order valence-corrected chi connectivity index (χ2v) is 12.6. The van der Waals surface area contributed by atoms with Crippen LogP contribution in [0.4, 0.5) is 5.69 Å². The van der Waals surface area contributed by atoms with Crippen molar-refractivity contribution in [2.75, 3.05) is 44.8 Å². The zero-order valence-corrected chi connectivity index (χ0v) is 28.4. The maximum Gasteiger partial charge on any atom is 0.254 e. The Bertz CT molecular complexity index is 1880. The number of anilines is 1. The summed E-state index contributed by atoms with van der Waals surface area (Å²) >= 11 is 0. The number of amides is 4. The van der Waals surface area contributed by atoms with Crippen molar-refractivity contribution in [1.29, 1.82) is 0 Å². The van der Waals surface area contributed by atoms with Gasteiger partial charge in [-0.2, -0.15) is 5.10 Å². The number of benzene rings is 3. The van der Waals surface area contributed by atoms with E-state index in [2.05, 4.69) is 10.6 Å². The van der Waals surface area contributed by atoms with Crippen LogP contribution >= 0.6 is 0 Å². The van der Waals surface area contributed by atoms with Crippen LogP contribution < -0.4 is 25.0 Å². The van der Waals surface area contributed by atoms with Gasteiger partial charge in [-0.05, 0) is 48.7 Å². The number of hydrogen-bond donors (Lipinski definition) is 2. The van der Waals surface area contributed by atoms with E-state index in [-0.39, 0.29) is 50.5 Å². The molecule has 1 aromatic heterocycles. The van der Waals surface area contributed by atoms with E-state index in [4.69, 9.17) is 19.6 Å². The number of carbonyl (C=O) groups is 4. The molecule has 2 aliphatic heterocycles. The van der Waals surface area contributed by atoms with Crippen molar-refractivity contribution in [1.82, 2.24) is 30.3 Å². The molecular weight excluding hydrogens is 638 g/mol. The first-order valence-corrected chi connectivity index (χ1v) is 16.8. The zero-order chi connectivity index (χ0) is 35.2. The van der Waals surface area contributed by atoms with E-state index in [9.17, 15) is 19.2 Å². The maximum absolute atomic E-state index is 14.0. The van der Waals surface area contributed by atoms with Gasteiger partial charge in [0.2, 0.25) is 11.8 Å². The highest BCUT2D eigenvalue weighted by molar-refractivity contribution is 6.00. The number of nitrogens with one attached hydrogen (secondary N) is 2. The van der Waals surface area contributed by atoms with Crippen LogP contribution in [0.3, 0.4) is 0 Å². The molecule has 2 N–H and O–H groups in total. The molecule has 1 fully saturated rings. The van der Waals surface area contributed by atoms with E-state index in [0.29, 0.717) is 52.9 Å². The summed E-state index contributed by atoms with van der Waals surface area (Å²) in [4.78, 5) is 61.5. The third-order valence-corrected chi connectivity index (χ3v) is 8.75. The second-order valence-electron chi connectivity index (χ2n) is 12.6. The number of methoxy groups -OCH3 is 1. The van der Waals surface area contributed by atoms with Crippen molar-refractivity contribution < 1.29 is 28.7 Å². The number of fused-ring (bicyclic) bond motifs is 3. The first kappa shape index (κ1) is 34.2. The molecule has 13 nitrogen and oxygen atoms in total. The smallest absolute Gasteiger partial charge is 0.254 e. The van der Waals surface area contributed by atoms with Crippen LogP contribution in [-0.4, -0.2) is 83.2 Å². The zero-order valence-electron chi connectivity index (χ0n) is 28.4. The van der Waals surface area contributed by atoms with Gasteiger partial charge < -0.3 is 29.9 Å². The summed E-state index contributed by atoms with van der Waals surface area (Å²) in [5.41, 5.74) is 2.13. The second kappa shape index (κ2) is 15.2. The first-order valence-electron chi connectivity index (χ1n) is 16.8. The van der Waals surface area contributed by atoms with Gasteiger partial charge in [0, 0.05) is 48.4 Å². The number of nitrogens with zero attached hydrogens (tertiary/aromatic N) is 5. The van der Waals surface area contributed by atoms with Gasteiger partial charge >= 0.3 is 0 Å². The molecule has 2 bridgehead atoms. The fourth-order valence-electron chi connectivity index (χ4n) is 6.12. The van der Waals surface area contributed by atoms with Gasteiger partial charge in [0.25, 0.3) is 11.8 Å². The fourth-order valence-corrected chi connectivity index (χ4v) is 6.12. The van der Waals surface area contributed by atoms with Crippen molar-refractivity contribution in [3.05, 3.63) is 89.7 Å². The first-order chi connectivity index (χ1) is 24.2. The van der Waals surface area contributed by atoms with Gasteiger partial charge in [-0.1, -0.05) is 50.2 Å². The molecular formula is C37H41N7O6. The van der Waals surface area contributed by atoms with E-state index >= 15 is 0 Å². The van der Waals surface area contributed by atoms with Crippen molar-refractivity contribution in [2.45, 2.75) is 39.3 Å². The van der Waals surface area contributed by atoms with Crippen molar-refractivity contribution in [2.24, 2.45) is 5.92 Å². The molecule has 2 aliphatic rings. The third kappa shape index (κ3) is 7.61. The summed E-state index contributed by atoms with van der Waals surface area (Å²) in [6.45, 7) is 4.84. The SMILES string of the molecule is COc1ccc2cc1OCCn1nc(-c3ccccc3)nc1[C@@H](C(C)C)NC(=O)CN(C(=O)c1cccc(N3CCCC3=O)c1)CCNC2=O. The quantitative estimate of drug-likeness (QED) is 0.323. The summed E-state index contributed by atoms with van der Waals surface area (Å²) in [7, 11) is 1.53. The lowest BCUT2D eigenvalue weighted by Crippen LogP contribution is -2.46. The molecule has 4 aromatic rings. The van der Waals surface area contributed by atoms with Crippen LogP contribution in [0.1, 0.15) is 59.3 Å². The lowest BCUT2D eigenvalue weighted by atomic mass is 10.0. The predicted octanol–water partition coefficient (Wildman–Crippen LogP) is 3.86. The van der Waals surface area contributed by atoms with E-state index < -0.39 is 17.9 Å². The topological polar surface area (TPSA) is 148 Å². The Hall–Kier alpha value is -5.72. The van der Waals surface area contributed by atoms with E-state index in [0.717, 1.165) is 12.0 Å². The maximum atomic E-state index is 14.0.